The molecule has 2 rings (SSSR count). The van der Waals surface area contributed by atoms with Crippen molar-refractivity contribution >= 4 is 0 Å². The molecule has 0 aliphatic rings. The van der Waals surface area contributed by atoms with Crippen LogP contribution in [0.15, 0.2) is 54.6 Å². The van der Waals surface area contributed by atoms with E-state index in [9.17, 15) is 0 Å². The molecule has 0 radical (unpaired) electrons. The predicted octanol–water partition coefficient (Wildman–Crippen LogP) is 1.38. The Labute approximate surface area is 126 Å². The first-order chi connectivity index (χ1) is 9.38. The molecule has 0 aliphatic heterocycles. The first kappa shape index (κ1) is 14.4. The van der Waals surface area contributed by atoms with E-state index in [2.05, 4.69) is 61.5 Å². The summed E-state index contributed by atoms with van der Waals surface area (Å²) < 4.78 is 8.62. The fourth-order valence-corrected chi connectivity index (χ4v) is 3.95. The monoisotopic (exact) mass is 367 g/mol. The number of unbranched alkanes of at least 4 members (excludes halogenated alkanes) is 2. The van der Waals surface area contributed by atoms with E-state index in [0.717, 1.165) is 18.8 Å². The van der Waals surface area contributed by atoms with Crippen LogP contribution in [0.1, 0.15) is 26.2 Å². The van der Waals surface area contributed by atoms with E-state index in [1.807, 2.05) is 0 Å². The van der Waals surface area contributed by atoms with E-state index in [4.69, 9.17) is 4.74 Å². The number of rotatable bonds is 7. The second-order valence-electron chi connectivity index (χ2n) is 4.40. The van der Waals surface area contributed by atoms with Crippen molar-refractivity contribution in [3.63, 3.8) is 0 Å². The van der Waals surface area contributed by atoms with Crippen LogP contribution in [0.3, 0.4) is 0 Å². The molecule has 1 nitrogen and oxygen atoms in total. The van der Waals surface area contributed by atoms with E-state index < -0.39 is 0 Å². The first-order valence-electron chi connectivity index (χ1n) is 6.81. The topological polar surface area (TPSA) is 9.23 Å². The van der Waals surface area contributed by atoms with E-state index in [0.29, 0.717) is 0 Å². The molecule has 2 aromatic carbocycles. The molecule has 0 saturated carbocycles. The molecular formula is C17H20IO-. The number of halogens is 1. The number of benzene rings is 2. The van der Waals surface area contributed by atoms with Crippen LogP contribution in [0.25, 0.3) is 0 Å². The molecule has 102 valence electrons. The zero-order chi connectivity index (χ0) is 13.3. The average Bonchev–Trinajstić information content (AvgIpc) is 2.46. The Kier molecular flexibility index (Phi) is 6.21. The molecular weight excluding hydrogens is 347 g/mol. The molecule has 0 aromatic heterocycles. The summed E-state index contributed by atoms with van der Waals surface area (Å²) in [5.74, 6) is 0.997. The van der Waals surface area contributed by atoms with Crippen molar-refractivity contribution in [3.05, 3.63) is 61.7 Å². The van der Waals surface area contributed by atoms with E-state index in [1.54, 1.807) is 0 Å². The van der Waals surface area contributed by atoms with E-state index in [-0.39, 0.29) is 21.2 Å². The molecule has 0 saturated heterocycles. The summed E-state index contributed by atoms with van der Waals surface area (Å²) in [6, 6.07) is 19.3. The van der Waals surface area contributed by atoms with Crippen molar-refractivity contribution in [2.24, 2.45) is 0 Å². The van der Waals surface area contributed by atoms with Gasteiger partial charge in [0.2, 0.25) is 0 Å². The van der Waals surface area contributed by atoms with Crippen LogP contribution in [0.5, 0.6) is 5.75 Å². The molecule has 0 aliphatic carbocycles. The van der Waals surface area contributed by atoms with Gasteiger partial charge >= 0.3 is 126 Å². The summed E-state index contributed by atoms with van der Waals surface area (Å²) in [6.07, 6.45) is 3.64. The van der Waals surface area contributed by atoms with Crippen LogP contribution in [-0.2, 0) is 0 Å². The third kappa shape index (κ3) is 5.23. The van der Waals surface area contributed by atoms with E-state index >= 15 is 0 Å². The summed E-state index contributed by atoms with van der Waals surface area (Å²) >= 11 is -0.0592. The molecule has 2 aromatic rings. The van der Waals surface area contributed by atoms with Crippen LogP contribution in [0.4, 0.5) is 0 Å². The Morgan fingerprint density at radius 1 is 0.842 bits per heavy atom. The normalized spacial score (nSPS) is 10.6. The minimum atomic E-state index is -0.0592. The summed E-state index contributed by atoms with van der Waals surface area (Å²) in [5, 5.41) is 0. The van der Waals surface area contributed by atoms with Crippen molar-refractivity contribution in [1.82, 2.24) is 0 Å². The van der Waals surface area contributed by atoms with E-state index in [1.165, 1.54) is 20.0 Å². The SMILES string of the molecule is CCCCCOc1ccc([I-]c2ccccc2)cc1. The van der Waals surface area contributed by atoms with Gasteiger partial charge < -0.3 is 0 Å². The third-order valence-corrected chi connectivity index (χ3v) is 5.47. The van der Waals surface area contributed by atoms with Gasteiger partial charge in [-0.2, -0.15) is 0 Å². The van der Waals surface area contributed by atoms with Gasteiger partial charge in [0.25, 0.3) is 0 Å². The molecule has 0 fully saturated rings. The standard InChI is InChI=1S/C17H20IO/c1-2-3-7-14-19-17-12-10-16(11-13-17)18-15-8-5-4-6-9-15/h4-6,8-13H,2-3,7,14H2,1H3/q-1. The van der Waals surface area contributed by atoms with Gasteiger partial charge in [-0.15, -0.1) is 0 Å². The molecule has 0 atom stereocenters. The van der Waals surface area contributed by atoms with Crippen molar-refractivity contribution in [3.8, 4) is 5.75 Å². The minimum absolute atomic E-state index is 0.0592. The Hall–Kier alpha value is -1.03. The molecule has 0 heterocycles. The van der Waals surface area contributed by atoms with Crippen LogP contribution in [0.2, 0.25) is 0 Å². The Morgan fingerprint density at radius 3 is 2.21 bits per heavy atom. The van der Waals surface area contributed by atoms with Gasteiger partial charge in [-0.3, -0.25) is 0 Å². The van der Waals surface area contributed by atoms with Gasteiger partial charge in [0.1, 0.15) is 0 Å². The van der Waals surface area contributed by atoms with Crippen molar-refractivity contribution in [2.75, 3.05) is 6.61 Å². The molecule has 2 heteroatoms. The molecule has 19 heavy (non-hydrogen) atoms. The molecule has 0 spiro atoms. The summed E-state index contributed by atoms with van der Waals surface area (Å²) in [7, 11) is 0. The molecule has 0 amide bonds. The van der Waals surface area contributed by atoms with Gasteiger partial charge in [-0.05, 0) is 0 Å². The summed E-state index contributed by atoms with van der Waals surface area (Å²) in [5.41, 5.74) is 0. The Bertz CT molecular complexity index is 464. The first-order valence-corrected chi connectivity index (χ1v) is 8.97. The van der Waals surface area contributed by atoms with Crippen LogP contribution in [0, 0.1) is 7.14 Å². The van der Waals surface area contributed by atoms with Gasteiger partial charge in [0, 0.05) is 0 Å². The maximum atomic E-state index is 5.73. The van der Waals surface area contributed by atoms with Crippen molar-refractivity contribution < 1.29 is 25.9 Å². The van der Waals surface area contributed by atoms with Gasteiger partial charge in [-0.25, -0.2) is 0 Å². The van der Waals surface area contributed by atoms with Gasteiger partial charge in [-0.1, -0.05) is 0 Å². The molecule has 0 unspecified atom stereocenters. The Morgan fingerprint density at radius 2 is 1.53 bits per heavy atom. The quantitative estimate of drug-likeness (QED) is 0.531. The Balaban J connectivity index is 1.84. The second-order valence-corrected chi connectivity index (χ2v) is 7.43. The predicted molar refractivity (Wildman–Crippen MR) is 75.3 cm³/mol. The van der Waals surface area contributed by atoms with Crippen LogP contribution >= 0.6 is 0 Å². The van der Waals surface area contributed by atoms with Crippen molar-refractivity contribution in [1.29, 1.82) is 0 Å². The average molecular weight is 367 g/mol. The van der Waals surface area contributed by atoms with Crippen LogP contribution < -0.4 is 25.9 Å². The van der Waals surface area contributed by atoms with Gasteiger partial charge in [0.05, 0.1) is 0 Å². The fraction of sp³-hybridized carbons (Fsp3) is 0.294. The third-order valence-electron chi connectivity index (χ3n) is 2.78. The van der Waals surface area contributed by atoms with Gasteiger partial charge in [0.15, 0.2) is 0 Å². The fourth-order valence-electron chi connectivity index (χ4n) is 1.74. The molecule has 0 N–H and O–H groups in total. The number of hydrogen-bond acceptors (Lipinski definition) is 1. The second kappa shape index (κ2) is 8.20. The number of hydrogen-bond donors (Lipinski definition) is 0. The zero-order valence-electron chi connectivity index (χ0n) is 11.3. The zero-order valence-corrected chi connectivity index (χ0v) is 13.5. The van der Waals surface area contributed by atoms with Crippen molar-refractivity contribution in [2.45, 2.75) is 26.2 Å². The molecule has 0 bridgehead atoms. The maximum absolute atomic E-state index is 5.73. The summed E-state index contributed by atoms with van der Waals surface area (Å²) in [4.78, 5) is 0. The van der Waals surface area contributed by atoms with Crippen LogP contribution in [-0.4, -0.2) is 6.61 Å². The summed E-state index contributed by atoms with van der Waals surface area (Å²) in [6.45, 7) is 3.04. The number of ether oxygens (including phenoxy) is 1.